The van der Waals surface area contributed by atoms with Gasteiger partial charge in [-0.1, -0.05) is 42.5 Å². The molecule has 0 heterocycles. The summed E-state index contributed by atoms with van der Waals surface area (Å²) in [7, 11) is 0. The molecule has 1 saturated carbocycles. The number of ether oxygens (including phenoxy) is 1. The van der Waals surface area contributed by atoms with Crippen molar-refractivity contribution in [1.82, 2.24) is 0 Å². The van der Waals surface area contributed by atoms with Gasteiger partial charge in [0.25, 0.3) is 0 Å². The molecule has 1 aromatic carbocycles. The minimum atomic E-state index is -0.838. The van der Waals surface area contributed by atoms with E-state index in [2.05, 4.69) is 0 Å². The highest BCUT2D eigenvalue weighted by Gasteiger charge is 2.39. The van der Waals surface area contributed by atoms with Gasteiger partial charge in [0.2, 0.25) is 0 Å². The number of aliphatic hydroxyl groups is 2. The van der Waals surface area contributed by atoms with Crippen molar-refractivity contribution >= 4 is 11.8 Å². The molecule has 28 heavy (non-hydrogen) atoms. The monoisotopic (exact) mass is 388 g/mol. The van der Waals surface area contributed by atoms with Crippen LogP contribution in [0.15, 0.2) is 54.6 Å². The Balaban J connectivity index is 1.82. The van der Waals surface area contributed by atoms with Crippen molar-refractivity contribution in [2.45, 2.75) is 44.3 Å². The molecular formula is C22H28O6. The standard InChI is InChI=1S/C22H28O6/c23-16(15-28-17-8-4-3-5-9-17)12-13-19-18(20(24)14-21(19)25)10-6-1-2-7-11-22(26)27/h1,3-6,8-9,12-13,16,18-19,21,23,25H,2,7,10-11,14-15H2,(H,26,27)/b6-1-,13-12+/t16-,18+,19+,21-/m0/s1. The Morgan fingerprint density at radius 2 is 2.00 bits per heavy atom. The van der Waals surface area contributed by atoms with Gasteiger partial charge < -0.3 is 20.1 Å². The van der Waals surface area contributed by atoms with Crippen LogP contribution >= 0.6 is 0 Å². The third-order valence-electron chi connectivity index (χ3n) is 4.77. The Morgan fingerprint density at radius 3 is 2.71 bits per heavy atom. The third kappa shape index (κ3) is 7.29. The number of carbonyl (C=O) groups excluding carboxylic acids is 1. The summed E-state index contributed by atoms with van der Waals surface area (Å²) in [4.78, 5) is 22.7. The minimum absolute atomic E-state index is 0.00682. The fraction of sp³-hybridized carbons (Fsp3) is 0.455. The molecule has 0 radical (unpaired) electrons. The van der Waals surface area contributed by atoms with E-state index in [1.165, 1.54) is 0 Å². The largest absolute Gasteiger partial charge is 0.491 e. The number of aliphatic hydroxyl groups excluding tert-OH is 2. The molecule has 0 unspecified atom stereocenters. The lowest BCUT2D eigenvalue weighted by Crippen LogP contribution is -2.20. The first-order valence-electron chi connectivity index (χ1n) is 9.59. The molecule has 3 N–H and O–H groups in total. The van der Waals surface area contributed by atoms with Gasteiger partial charge in [0.05, 0.1) is 6.10 Å². The number of carboxylic acids is 1. The number of allylic oxidation sites excluding steroid dienone is 2. The lowest BCUT2D eigenvalue weighted by molar-refractivity contribution is -0.137. The molecule has 1 aliphatic rings. The van der Waals surface area contributed by atoms with Crippen LogP contribution in [0, 0.1) is 11.8 Å². The van der Waals surface area contributed by atoms with Crippen molar-refractivity contribution in [2.24, 2.45) is 11.8 Å². The summed E-state index contributed by atoms with van der Waals surface area (Å²) in [6, 6.07) is 9.17. The molecule has 0 saturated heterocycles. The van der Waals surface area contributed by atoms with Crippen molar-refractivity contribution < 1.29 is 29.6 Å². The molecule has 1 aliphatic carbocycles. The summed E-state index contributed by atoms with van der Waals surface area (Å²) >= 11 is 0. The summed E-state index contributed by atoms with van der Waals surface area (Å²) in [6.07, 6.45) is 7.37. The van der Waals surface area contributed by atoms with Gasteiger partial charge in [-0.25, -0.2) is 0 Å². The van der Waals surface area contributed by atoms with Crippen molar-refractivity contribution in [2.75, 3.05) is 6.61 Å². The summed E-state index contributed by atoms with van der Waals surface area (Å²) < 4.78 is 5.49. The summed E-state index contributed by atoms with van der Waals surface area (Å²) in [5.74, 6) is -0.821. The fourth-order valence-electron chi connectivity index (χ4n) is 3.27. The minimum Gasteiger partial charge on any atom is -0.491 e. The van der Waals surface area contributed by atoms with Gasteiger partial charge in [-0.15, -0.1) is 0 Å². The number of para-hydroxylation sites is 1. The van der Waals surface area contributed by atoms with Crippen molar-refractivity contribution in [3.8, 4) is 5.75 Å². The van der Waals surface area contributed by atoms with Crippen molar-refractivity contribution in [3.63, 3.8) is 0 Å². The maximum absolute atomic E-state index is 12.2. The topological polar surface area (TPSA) is 104 Å². The van der Waals surface area contributed by atoms with Gasteiger partial charge in [0.1, 0.15) is 24.2 Å². The van der Waals surface area contributed by atoms with E-state index < -0.39 is 18.2 Å². The number of carbonyl (C=O) groups is 2. The average Bonchev–Trinajstić information content (AvgIpc) is 2.94. The second kappa shape index (κ2) is 11.4. The predicted octanol–water partition coefficient (Wildman–Crippen LogP) is 2.75. The first-order valence-corrected chi connectivity index (χ1v) is 9.59. The Bertz CT molecular complexity index is 682. The number of Topliss-reactive ketones (excluding diaryl/α,β-unsaturated/α-hetero) is 1. The van der Waals surface area contributed by atoms with Crippen LogP contribution in [0.1, 0.15) is 32.1 Å². The van der Waals surface area contributed by atoms with Gasteiger partial charge in [0.15, 0.2) is 0 Å². The molecule has 152 valence electrons. The van der Waals surface area contributed by atoms with Gasteiger partial charge in [-0.3, -0.25) is 9.59 Å². The molecule has 2 rings (SSSR count). The molecule has 0 bridgehead atoms. The molecule has 0 spiro atoms. The first-order chi connectivity index (χ1) is 13.5. The highest BCUT2D eigenvalue weighted by Crippen LogP contribution is 2.33. The zero-order valence-electron chi connectivity index (χ0n) is 15.8. The summed E-state index contributed by atoms with van der Waals surface area (Å²) in [5, 5.41) is 28.9. The molecule has 0 aliphatic heterocycles. The predicted molar refractivity (Wildman–Crippen MR) is 105 cm³/mol. The number of unbranched alkanes of at least 4 members (excludes halogenated alkanes) is 1. The Morgan fingerprint density at radius 1 is 1.25 bits per heavy atom. The zero-order chi connectivity index (χ0) is 20.4. The van der Waals surface area contributed by atoms with Crippen molar-refractivity contribution in [1.29, 1.82) is 0 Å². The normalized spacial score (nSPS) is 23.5. The SMILES string of the molecule is O=C(O)CCC/C=C\C[C@H]1C(=O)C[C@H](O)[C@@H]1/C=C/[C@H](O)COc1ccccc1. The molecule has 4 atom stereocenters. The maximum atomic E-state index is 12.2. The fourth-order valence-corrected chi connectivity index (χ4v) is 3.27. The van der Waals surface area contributed by atoms with Gasteiger partial charge in [-0.05, 0) is 31.4 Å². The number of hydrogen-bond acceptors (Lipinski definition) is 5. The molecule has 6 nitrogen and oxygen atoms in total. The maximum Gasteiger partial charge on any atom is 0.303 e. The molecule has 0 aromatic heterocycles. The Kier molecular flexibility index (Phi) is 8.91. The van der Waals surface area contributed by atoms with Crippen LogP contribution in [-0.2, 0) is 9.59 Å². The van der Waals surface area contributed by atoms with E-state index in [9.17, 15) is 19.8 Å². The second-order valence-electron chi connectivity index (χ2n) is 6.99. The number of aliphatic carboxylic acids is 1. The molecule has 6 heteroatoms. The lowest BCUT2D eigenvalue weighted by Gasteiger charge is -2.17. The first kappa shape index (κ1) is 21.9. The highest BCUT2D eigenvalue weighted by atomic mass is 16.5. The van der Waals surface area contributed by atoms with E-state index in [0.717, 1.165) is 0 Å². The van der Waals surface area contributed by atoms with Crippen LogP contribution in [0.5, 0.6) is 5.75 Å². The van der Waals surface area contributed by atoms with E-state index in [1.807, 2.05) is 30.4 Å². The van der Waals surface area contributed by atoms with E-state index in [1.54, 1.807) is 24.3 Å². The summed E-state index contributed by atoms with van der Waals surface area (Å²) in [5.41, 5.74) is 0. The smallest absolute Gasteiger partial charge is 0.303 e. The number of carboxylic acid groups (broad SMARTS) is 1. The number of benzene rings is 1. The van der Waals surface area contributed by atoms with E-state index >= 15 is 0 Å². The number of ketones is 1. The van der Waals surface area contributed by atoms with Crippen LogP contribution in [0.3, 0.4) is 0 Å². The van der Waals surface area contributed by atoms with E-state index in [-0.39, 0.29) is 37.1 Å². The molecule has 0 amide bonds. The van der Waals surface area contributed by atoms with E-state index in [0.29, 0.717) is 25.0 Å². The quantitative estimate of drug-likeness (QED) is 0.398. The average molecular weight is 388 g/mol. The zero-order valence-corrected chi connectivity index (χ0v) is 15.8. The Hall–Kier alpha value is -2.44. The number of rotatable bonds is 11. The van der Waals surface area contributed by atoms with Crippen LogP contribution in [0.4, 0.5) is 0 Å². The second-order valence-corrected chi connectivity index (χ2v) is 6.99. The van der Waals surface area contributed by atoms with Crippen LogP contribution < -0.4 is 4.74 Å². The van der Waals surface area contributed by atoms with Gasteiger partial charge in [0, 0.05) is 24.7 Å². The third-order valence-corrected chi connectivity index (χ3v) is 4.77. The van der Waals surface area contributed by atoms with Crippen LogP contribution in [0.2, 0.25) is 0 Å². The number of hydrogen-bond donors (Lipinski definition) is 3. The lowest BCUT2D eigenvalue weighted by atomic mass is 9.90. The molecular weight excluding hydrogens is 360 g/mol. The van der Waals surface area contributed by atoms with Crippen molar-refractivity contribution in [3.05, 3.63) is 54.6 Å². The Labute approximate surface area is 165 Å². The van der Waals surface area contributed by atoms with Gasteiger partial charge >= 0.3 is 5.97 Å². The van der Waals surface area contributed by atoms with E-state index in [4.69, 9.17) is 9.84 Å². The molecule has 1 aromatic rings. The van der Waals surface area contributed by atoms with Gasteiger partial charge in [-0.2, -0.15) is 0 Å². The van der Waals surface area contributed by atoms with Crippen LogP contribution in [-0.4, -0.2) is 45.9 Å². The van der Waals surface area contributed by atoms with Crippen LogP contribution in [0.25, 0.3) is 0 Å². The molecule has 1 fully saturated rings. The summed E-state index contributed by atoms with van der Waals surface area (Å²) in [6.45, 7) is 0.0887. The highest BCUT2D eigenvalue weighted by molar-refractivity contribution is 5.84.